The van der Waals surface area contributed by atoms with Gasteiger partial charge in [0.05, 0.1) is 25.4 Å². The van der Waals surface area contributed by atoms with E-state index in [1.165, 1.54) is 0 Å². The third-order valence-corrected chi connectivity index (χ3v) is 6.93. The van der Waals surface area contributed by atoms with Crippen LogP contribution in [0.1, 0.15) is 44.4 Å². The van der Waals surface area contributed by atoms with Crippen molar-refractivity contribution < 1.29 is 19.0 Å². The molecule has 0 fully saturated rings. The molecule has 1 heterocycles. The molecule has 5 N–H and O–H groups in total. The number of alkyl carbamates (subject to hydrolysis) is 1. The molecule has 11 heteroatoms. The minimum absolute atomic E-state index is 0.0337. The van der Waals surface area contributed by atoms with Gasteiger partial charge >= 0.3 is 6.09 Å². The van der Waals surface area contributed by atoms with Crippen LogP contribution in [0, 0.1) is 5.92 Å². The summed E-state index contributed by atoms with van der Waals surface area (Å²) in [6.07, 6.45) is 3.54. The molecular formula is C34H43N7O4. The monoisotopic (exact) mass is 613 g/mol. The SMILES string of the molecule is CC(C)CCOc1ccccc1-c1ccccc1OCc1cn(C[C@@H](CCCN=C(N)N)NC(=O)OCc2ccccc2)nn1. The highest BCUT2D eigenvalue weighted by Crippen LogP contribution is 2.36. The number of aliphatic imine (C=N–C) groups is 1. The summed E-state index contributed by atoms with van der Waals surface area (Å²) in [5.41, 5.74) is 14.4. The highest BCUT2D eigenvalue weighted by molar-refractivity contribution is 5.76. The Balaban J connectivity index is 1.38. The van der Waals surface area contributed by atoms with Crippen molar-refractivity contribution in [2.24, 2.45) is 22.4 Å². The highest BCUT2D eigenvalue weighted by Gasteiger charge is 2.17. The average molecular weight is 614 g/mol. The Morgan fingerprint density at radius 1 is 0.889 bits per heavy atom. The number of hydrogen-bond acceptors (Lipinski definition) is 7. The first-order valence-corrected chi connectivity index (χ1v) is 15.2. The fourth-order valence-electron chi connectivity index (χ4n) is 4.59. The van der Waals surface area contributed by atoms with E-state index in [2.05, 4.69) is 34.5 Å². The lowest BCUT2D eigenvalue weighted by molar-refractivity contribution is 0.133. The van der Waals surface area contributed by atoms with Crippen LogP contribution in [-0.2, 0) is 24.5 Å². The molecule has 0 bridgehead atoms. The number of rotatable bonds is 17. The summed E-state index contributed by atoms with van der Waals surface area (Å²) in [5.74, 6) is 2.13. The molecule has 1 aromatic heterocycles. The zero-order valence-corrected chi connectivity index (χ0v) is 26.0. The fraction of sp³-hybridized carbons (Fsp3) is 0.353. The van der Waals surface area contributed by atoms with Gasteiger partial charge in [0, 0.05) is 17.7 Å². The molecule has 0 unspecified atom stereocenters. The van der Waals surface area contributed by atoms with Gasteiger partial charge in [0.25, 0.3) is 0 Å². The number of guanidine groups is 1. The molecule has 1 amide bonds. The van der Waals surface area contributed by atoms with Crippen molar-refractivity contribution in [2.45, 2.75) is 58.9 Å². The normalized spacial score (nSPS) is 11.5. The first-order chi connectivity index (χ1) is 21.9. The summed E-state index contributed by atoms with van der Waals surface area (Å²) in [7, 11) is 0. The smallest absolute Gasteiger partial charge is 0.407 e. The van der Waals surface area contributed by atoms with Crippen LogP contribution in [0.25, 0.3) is 11.1 Å². The van der Waals surface area contributed by atoms with Crippen molar-refractivity contribution in [1.29, 1.82) is 0 Å². The van der Waals surface area contributed by atoms with Crippen molar-refractivity contribution in [3.63, 3.8) is 0 Å². The highest BCUT2D eigenvalue weighted by atomic mass is 16.5. The Bertz CT molecular complexity index is 1500. The number of hydrogen-bond donors (Lipinski definition) is 3. The molecular weight excluding hydrogens is 570 g/mol. The van der Waals surface area contributed by atoms with Gasteiger partial charge in [0.15, 0.2) is 5.96 Å². The second-order valence-corrected chi connectivity index (χ2v) is 11.1. The van der Waals surface area contributed by atoms with E-state index in [0.717, 1.165) is 28.9 Å². The lowest BCUT2D eigenvalue weighted by Gasteiger charge is -2.18. The predicted octanol–water partition coefficient (Wildman–Crippen LogP) is 5.30. The first kappa shape index (κ1) is 32.8. The van der Waals surface area contributed by atoms with Gasteiger partial charge in [-0.3, -0.25) is 9.67 Å². The summed E-state index contributed by atoms with van der Waals surface area (Å²) < 4.78 is 19.5. The molecule has 0 saturated carbocycles. The minimum Gasteiger partial charge on any atom is -0.493 e. The maximum absolute atomic E-state index is 12.6. The standard InChI is InChI=1S/C34H43N7O4/c1-25(2)18-20-43-31-16-8-6-14-29(31)30-15-7-9-17-32(30)44-24-28-22-41(40-39-28)21-27(13-10-19-37-33(35)36)38-34(42)45-23-26-11-4-3-5-12-26/h3-9,11-12,14-17,22,25,27H,10,13,18-21,23-24H2,1-2H3,(H,38,42)(H4,35,36,37)/t27-/m1/s1. The number of nitrogens with two attached hydrogens (primary N) is 2. The fourth-order valence-corrected chi connectivity index (χ4v) is 4.59. The molecule has 0 radical (unpaired) electrons. The van der Waals surface area contributed by atoms with E-state index in [1.54, 1.807) is 4.68 Å². The summed E-state index contributed by atoms with van der Waals surface area (Å²) >= 11 is 0. The molecule has 0 aliphatic heterocycles. The molecule has 11 nitrogen and oxygen atoms in total. The third kappa shape index (κ3) is 11.2. The molecule has 4 rings (SSSR count). The number of carbonyl (C=O) groups excluding carboxylic acids is 1. The van der Waals surface area contributed by atoms with E-state index in [9.17, 15) is 4.79 Å². The summed E-state index contributed by atoms with van der Waals surface area (Å²) in [5, 5.41) is 11.5. The van der Waals surface area contributed by atoms with Gasteiger partial charge in [-0.25, -0.2) is 4.79 Å². The average Bonchev–Trinajstić information content (AvgIpc) is 3.49. The second kappa shape index (κ2) is 17.3. The van der Waals surface area contributed by atoms with Crippen molar-refractivity contribution in [2.75, 3.05) is 13.2 Å². The number of nitrogens with one attached hydrogen (secondary N) is 1. The Kier molecular flexibility index (Phi) is 12.6. The third-order valence-electron chi connectivity index (χ3n) is 6.93. The Morgan fingerprint density at radius 2 is 1.56 bits per heavy atom. The van der Waals surface area contributed by atoms with Crippen molar-refractivity contribution in [1.82, 2.24) is 20.3 Å². The van der Waals surface area contributed by atoms with E-state index in [-0.39, 0.29) is 25.2 Å². The summed E-state index contributed by atoms with van der Waals surface area (Å²) in [6.45, 7) is 6.23. The lowest BCUT2D eigenvalue weighted by Crippen LogP contribution is -2.38. The van der Waals surface area contributed by atoms with Gasteiger partial charge in [-0.1, -0.05) is 85.8 Å². The van der Waals surface area contributed by atoms with Crippen LogP contribution >= 0.6 is 0 Å². The van der Waals surface area contributed by atoms with E-state index in [0.29, 0.717) is 49.9 Å². The van der Waals surface area contributed by atoms with Crippen LogP contribution in [-0.4, -0.2) is 46.2 Å². The van der Waals surface area contributed by atoms with E-state index >= 15 is 0 Å². The molecule has 238 valence electrons. The van der Waals surface area contributed by atoms with Crippen molar-refractivity contribution in [3.05, 3.63) is 96.3 Å². The molecule has 4 aromatic rings. The lowest BCUT2D eigenvalue weighted by atomic mass is 10.0. The van der Waals surface area contributed by atoms with Crippen LogP contribution in [0.3, 0.4) is 0 Å². The van der Waals surface area contributed by atoms with E-state index < -0.39 is 6.09 Å². The Morgan fingerprint density at radius 3 is 2.24 bits per heavy atom. The summed E-state index contributed by atoms with van der Waals surface area (Å²) in [4.78, 5) is 16.6. The number of benzene rings is 3. The van der Waals surface area contributed by atoms with E-state index in [4.69, 9.17) is 25.7 Å². The Hall–Kier alpha value is -5.06. The molecule has 0 spiro atoms. The maximum atomic E-state index is 12.6. The molecule has 0 aliphatic rings. The van der Waals surface area contributed by atoms with Gasteiger partial charge in [-0.05, 0) is 42.9 Å². The van der Waals surface area contributed by atoms with Gasteiger partial charge in [0.1, 0.15) is 30.4 Å². The van der Waals surface area contributed by atoms with Gasteiger partial charge in [-0.2, -0.15) is 0 Å². The van der Waals surface area contributed by atoms with Crippen LogP contribution in [0.2, 0.25) is 0 Å². The first-order valence-electron chi connectivity index (χ1n) is 15.2. The zero-order valence-electron chi connectivity index (χ0n) is 26.0. The molecule has 3 aromatic carbocycles. The molecule has 0 aliphatic carbocycles. The number of ether oxygens (including phenoxy) is 3. The number of aromatic nitrogens is 3. The minimum atomic E-state index is -0.514. The summed E-state index contributed by atoms with van der Waals surface area (Å²) in [6, 6.07) is 25.1. The van der Waals surface area contributed by atoms with Crippen LogP contribution in [0.4, 0.5) is 4.79 Å². The number of carbonyl (C=O) groups is 1. The van der Waals surface area contributed by atoms with Crippen LogP contribution < -0.4 is 26.3 Å². The molecule has 45 heavy (non-hydrogen) atoms. The molecule has 1 atom stereocenters. The van der Waals surface area contributed by atoms with Crippen LogP contribution in [0.5, 0.6) is 11.5 Å². The van der Waals surface area contributed by atoms with Crippen molar-refractivity contribution >= 4 is 12.1 Å². The Labute approximate surface area is 264 Å². The van der Waals surface area contributed by atoms with Crippen molar-refractivity contribution in [3.8, 4) is 22.6 Å². The number of amides is 1. The number of nitrogens with zero attached hydrogens (tertiary/aromatic N) is 4. The number of para-hydroxylation sites is 2. The van der Waals surface area contributed by atoms with Gasteiger partial charge in [0.2, 0.25) is 0 Å². The van der Waals surface area contributed by atoms with Gasteiger partial charge in [-0.15, -0.1) is 5.10 Å². The largest absolute Gasteiger partial charge is 0.493 e. The van der Waals surface area contributed by atoms with E-state index in [1.807, 2.05) is 85.1 Å². The predicted molar refractivity (Wildman–Crippen MR) is 175 cm³/mol. The molecule has 0 saturated heterocycles. The van der Waals surface area contributed by atoms with Crippen LogP contribution in [0.15, 0.2) is 90.1 Å². The second-order valence-electron chi connectivity index (χ2n) is 11.1. The maximum Gasteiger partial charge on any atom is 0.407 e. The van der Waals surface area contributed by atoms with Gasteiger partial charge < -0.3 is 31.0 Å². The quantitative estimate of drug-likeness (QED) is 0.0825. The topological polar surface area (TPSA) is 152 Å². The zero-order chi connectivity index (χ0) is 31.9.